The molecule has 2 aromatic heterocycles. The molecule has 0 bridgehead atoms. The predicted octanol–water partition coefficient (Wildman–Crippen LogP) is 1.52. The fraction of sp³-hybridized carbons (Fsp3) is 0.0714. The van der Waals surface area contributed by atoms with Crippen molar-refractivity contribution < 1.29 is 9.72 Å². The number of hydrogen-bond donors (Lipinski definition) is 1. The van der Waals surface area contributed by atoms with Crippen molar-refractivity contribution in [3.63, 3.8) is 0 Å². The molecule has 3 aromatic rings. The van der Waals surface area contributed by atoms with Gasteiger partial charge in [-0.1, -0.05) is 12.1 Å². The molecule has 0 saturated carbocycles. The summed E-state index contributed by atoms with van der Waals surface area (Å²) in [5.41, 5.74) is 5.73. The number of nitrogens with zero attached hydrogens (tertiary/aromatic N) is 3. The first-order valence-corrected chi connectivity index (χ1v) is 7.35. The molecule has 0 aliphatic heterocycles. The molecule has 0 saturated heterocycles. The zero-order valence-electron chi connectivity index (χ0n) is 11.6. The number of nitrogens with two attached hydrogens (primary N) is 1. The Kier molecular flexibility index (Phi) is 3.62. The van der Waals surface area contributed by atoms with Crippen molar-refractivity contribution in [2.24, 2.45) is 5.73 Å². The number of fused-ring (bicyclic) bond motifs is 1. The summed E-state index contributed by atoms with van der Waals surface area (Å²) in [6.07, 6.45) is 1.27. The number of carbonyl (C=O) groups is 1. The standard InChI is InChI=1S/C14H10N4O4S/c15-11(19)5-17-7-16-13-12(14(17)20)10(6-23-13)8-2-1-3-9(4-8)18(21)22/h1-4,6-7H,5H2,(H2,15,19). The zero-order chi connectivity index (χ0) is 16.6. The first-order valence-electron chi connectivity index (χ1n) is 6.47. The number of primary amides is 1. The van der Waals surface area contributed by atoms with Crippen LogP contribution in [-0.4, -0.2) is 20.4 Å². The van der Waals surface area contributed by atoms with Crippen LogP contribution < -0.4 is 11.3 Å². The van der Waals surface area contributed by atoms with Gasteiger partial charge in [-0.15, -0.1) is 11.3 Å². The van der Waals surface area contributed by atoms with Gasteiger partial charge in [-0.3, -0.25) is 24.3 Å². The van der Waals surface area contributed by atoms with E-state index in [1.807, 2.05) is 0 Å². The minimum Gasteiger partial charge on any atom is -0.368 e. The molecule has 9 heteroatoms. The Morgan fingerprint density at radius 2 is 2.22 bits per heavy atom. The first-order chi connectivity index (χ1) is 11.0. The normalized spacial score (nSPS) is 10.8. The minimum atomic E-state index is -0.652. The number of carbonyl (C=O) groups excluding carboxylic acids is 1. The average molecular weight is 330 g/mol. The van der Waals surface area contributed by atoms with Gasteiger partial charge < -0.3 is 5.73 Å². The number of nitro benzene ring substituents is 1. The largest absolute Gasteiger partial charge is 0.368 e. The van der Waals surface area contributed by atoms with Gasteiger partial charge in [0.1, 0.15) is 11.4 Å². The van der Waals surface area contributed by atoms with Gasteiger partial charge in [-0.05, 0) is 5.56 Å². The molecule has 2 N–H and O–H groups in total. The highest BCUT2D eigenvalue weighted by Crippen LogP contribution is 2.32. The Labute approximate surface area is 133 Å². The number of nitro groups is 1. The fourth-order valence-corrected chi connectivity index (χ4v) is 3.15. The third-order valence-electron chi connectivity index (χ3n) is 3.25. The average Bonchev–Trinajstić information content (AvgIpc) is 2.94. The summed E-state index contributed by atoms with van der Waals surface area (Å²) >= 11 is 1.25. The van der Waals surface area contributed by atoms with E-state index >= 15 is 0 Å². The summed E-state index contributed by atoms with van der Waals surface area (Å²) in [7, 11) is 0. The zero-order valence-corrected chi connectivity index (χ0v) is 12.4. The molecular weight excluding hydrogens is 320 g/mol. The lowest BCUT2D eigenvalue weighted by molar-refractivity contribution is -0.384. The molecule has 0 unspecified atom stereocenters. The molecule has 0 radical (unpaired) electrons. The highest BCUT2D eigenvalue weighted by molar-refractivity contribution is 7.17. The molecule has 1 aromatic carbocycles. The number of aromatic nitrogens is 2. The molecule has 116 valence electrons. The van der Waals surface area contributed by atoms with E-state index in [2.05, 4.69) is 4.98 Å². The van der Waals surface area contributed by atoms with Crippen molar-refractivity contribution in [2.75, 3.05) is 0 Å². The van der Waals surface area contributed by atoms with Crippen LogP contribution in [0.15, 0.2) is 40.8 Å². The van der Waals surface area contributed by atoms with E-state index in [0.29, 0.717) is 21.3 Å². The second-order valence-electron chi connectivity index (χ2n) is 4.78. The van der Waals surface area contributed by atoms with Crippen LogP contribution in [0.4, 0.5) is 5.69 Å². The Morgan fingerprint density at radius 3 is 2.91 bits per heavy atom. The summed E-state index contributed by atoms with van der Waals surface area (Å²) in [6.45, 7) is -0.272. The Morgan fingerprint density at radius 1 is 1.43 bits per heavy atom. The molecule has 3 rings (SSSR count). The lowest BCUT2D eigenvalue weighted by atomic mass is 10.1. The van der Waals surface area contributed by atoms with Gasteiger partial charge >= 0.3 is 0 Å². The fourth-order valence-electron chi connectivity index (χ4n) is 2.25. The molecule has 0 spiro atoms. The van der Waals surface area contributed by atoms with E-state index in [-0.39, 0.29) is 12.2 Å². The van der Waals surface area contributed by atoms with E-state index in [4.69, 9.17) is 5.73 Å². The van der Waals surface area contributed by atoms with Crippen molar-refractivity contribution in [1.82, 2.24) is 9.55 Å². The molecule has 0 aliphatic rings. The van der Waals surface area contributed by atoms with Crippen molar-refractivity contribution in [1.29, 1.82) is 0 Å². The topological polar surface area (TPSA) is 121 Å². The van der Waals surface area contributed by atoms with Crippen LogP contribution >= 0.6 is 11.3 Å². The number of amides is 1. The van der Waals surface area contributed by atoms with Gasteiger partial charge in [0.15, 0.2) is 0 Å². The van der Waals surface area contributed by atoms with Crippen LogP contribution in [0.5, 0.6) is 0 Å². The van der Waals surface area contributed by atoms with E-state index in [9.17, 15) is 19.7 Å². The summed E-state index contributed by atoms with van der Waals surface area (Å²) in [5.74, 6) is -0.652. The van der Waals surface area contributed by atoms with E-state index in [1.54, 1.807) is 17.5 Å². The van der Waals surface area contributed by atoms with Gasteiger partial charge in [-0.2, -0.15) is 0 Å². The molecule has 0 aliphatic carbocycles. The van der Waals surface area contributed by atoms with Crippen molar-refractivity contribution in [2.45, 2.75) is 6.54 Å². The molecule has 23 heavy (non-hydrogen) atoms. The second kappa shape index (κ2) is 5.61. The van der Waals surface area contributed by atoms with Crippen LogP contribution in [0.2, 0.25) is 0 Å². The molecule has 8 nitrogen and oxygen atoms in total. The van der Waals surface area contributed by atoms with Crippen molar-refractivity contribution in [3.8, 4) is 11.1 Å². The molecule has 2 heterocycles. The Balaban J connectivity index is 2.22. The smallest absolute Gasteiger partial charge is 0.270 e. The van der Waals surface area contributed by atoms with Gasteiger partial charge in [0.25, 0.3) is 11.2 Å². The highest BCUT2D eigenvalue weighted by atomic mass is 32.1. The highest BCUT2D eigenvalue weighted by Gasteiger charge is 2.16. The van der Waals surface area contributed by atoms with Crippen molar-refractivity contribution in [3.05, 3.63) is 56.4 Å². The number of rotatable bonds is 4. The van der Waals surface area contributed by atoms with Crippen LogP contribution in [-0.2, 0) is 11.3 Å². The minimum absolute atomic E-state index is 0.0665. The number of thiophene rings is 1. The first kappa shape index (κ1) is 14.9. The Hall–Kier alpha value is -3.07. The van der Waals surface area contributed by atoms with Crippen LogP contribution in [0, 0.1) is 10.1 Å². The molecular formula is C14H10N4O4S. The van der Waals surface area contributed by atoms with Crippen molar-refractivity contribution >= 4 is 33.1 Å². The maximum Gasteiger partial charge on any atom is 0.270 e. The van der Waals surface area contributed by atoms with Crippen LogP contribution in [0.1, 0.15) is 0 Å². The second-order valence-corrected chi connectivity index (χ2v) is 5.64. The summed E-state index contributed by atoms with van der Waals surface area (Å²) in [5, 5.41) is 12.9. The third kappa shape index (κ3) is 2.69. The number of hydrogen-bond acceptors (Lipinski definition) is 6. The number of benzene rings is 1. The maximum atomic E-state index is 12.5. The molecule has 1 amide bonds. The van der Waals surface area contributed by atoms with E-state index < -0.39 is 16.4 Å². The van der Waals surface area contributed by atoms with Crippen LogP contribution in [0.25, 0.3) is 21.3 Å². The SMILES string of the molecule is NC(=O)Cn1cnc2scc(-c3cccc([N+](=O)[O-])c3)c2c1=O. The number of non-ortho nitro benzene ring substituents is 1. The maximum absolute atomic E-state index is 12.5. The van der Waals surface area contributed by atoms with Gasteiger partial charge in [0.2, 0.25) is 5.91 Å². The predicted molar refractivity (Wildman–Crippen MR) is 85.2 cm³/mol. The van der Waals surface area contributed by atoms with E-state index in [0.717, 1.165) is 4.57 Å². The monoisotopic (exact) mass is 330 g/mol. The molecule has 0 atom stereocenters. The Bertz CT molecular complexity index is 992. The summed E-state index contributed by atoms with van der Waals surface area (Å²) < 4.78 is 1.12. The van der Waals surface area contributed by atoms with Gasteiger partial charge in [-0.25, -0.2) is 4.98 Å². The lowest BCUT2D eigenvalue weighted by Crippen LogP contribution is -2.28. The summed E-state index contributed by atoms with van der Waals surface area (Å²) in [6, 6.07) is 6.00. The molecule has 0 fully saturated rings. The van der Waals surface area contributed by atoms with Gasteiger partial charge in [0, 0.05) is 23.1 Å². The van der Waals surface area contributed by atoms with Gasteiger partial charge in [0.05, 0.1) is 16.6 Å². The van der Waals surface area contributed by atoms with Crippen LogP contribution in [0.3, 0.4) is 0 Å². The summed E-state index contributed by atoms with van der Waals surface area (Å²) in [4.78, 5) is 38.6. The quantitative estimate of drug-likeness (QED) is 0.574. The van der Waals surface area contributed by atoms with E-state index in [1.165, 1.54) is 29.8 Å². The third-order valence-corrected chi connectivity index (χ3v) is 4.14. The lowest BCUT2D eigenvalue weighted by Gasteiger charge is -2.04.